The highest BCUT2D eigenvalue weighted by Crippen LogP contribution is 2.28. The van der Waals surface area contributed by atoms with Gasteiger partial charge in [0.2, 0.25) is 5.88 Å². The highest BCUT2D eigenvalue weighted by atomic mass is 79.9. The van der Waals surface area contributed by atoms with Crippen LogP contribution in [0.2, 0.25) is 0 Å². The number of nitrogens with one attached hydrogen (secondary N) is 1. The van der Waals surface area contributed by atoms with Gasteiger partial charge < -0.3 is 10.1 Å². The number of rotatable bonds is 5. The fourth-order valence-corrected chi connectivity index (χ4v) is 2.37. The van der Waals surface area contributed by atoms with Crippen molar-refractivity contribution in [2.24, 2.45) is 0 Å². The molecule has 110 valence electrons. The lowest BCUT2D eigenvalue weighted by Crippen LogP contribution is -2.15. The van der Waals surface area contributed by atoms with Crippen LogP contribution in [0.15, 0.2) is 34.9 Å². The third kappa shape index (κ3) is 3.80. The maximum Gasteiger partial charge on any atom is 0.222 e. The van der Waals surface area contributed by atoms with Crippen molar-refractivity contribution in [1.82, 2.24) is 10.3 Å². The van der Waals surface area contributed by atoms with Gasteiger partial charge in [-0.2, -0.15) is 0 Å². The molecule has 5 heteroatoms. The summed E-state index contributed by atoms with van der Waals surface area (Å²) >= 11 is 3.22. The van der Waals surface area contributed by atoms with Gasteiger partial charge in [0.15, 0.2) is 11.6 Å². The topological polar surface area (TPSA) is 34.2 Å². The molecule has 1 aromatic carbocycles. The fraction of sp³-hybridized carbons (Fsp3) is 0.312. The van der Waals surface area contributed by atoms with Crippen molar-refractivity contribution < 1.29 is 9.13 Å². The molecule has 21 heavy (non-hydrogen) atoms. The van der Waals surface area contributed by atoms with Gasteiger partial charge in [-0.25, -0.2) is 9.37 Å². The molecule has 1 aromatic heterocycles. The molecule has 1 aliphatic carbocycles. The van der Waals surface area contributed by atoms with Gasteiger partial charge in [-0.15, -0.1) is 0 Å². The lowest BCUT2D eigenvalue weighted by molar-refractivity contribution is 0.424. The van der Waals surface area contributed by atoms with Crippen LogP contribution in [-0.2, 0) is 6.54 Å². The van der Waals surface area contributed by atoms with Gasteiger partial charge >= 0.3 is 0 Å². The van der Waals surface area contributed by atoms with Crippen molar-refractivity contribution in [3.05, 3.63) is 51.9 Å². The number of halogens is 2. The van der Waals surface area contributed by atoms with Crippen molar-refractivity contribution >= 4 is 15.9 Å². The molecule has 1 saturated carbocycles. The first-order valence-corrected chi connectivity index (χ1v) is 7.73. The molecule has 0 atom stereocenters. The Morgan fingerprint density at radius 3 is 2.86 bits per heavy atom. The van der Waals surface area contributed by atoms with Crippen molar-refractivity contribution in [2.75, 3.05) is 0 Å². The molecule has 1 N–H and O–H groups in total. The minimum Gasteiger partial charge on any atom is -0.436 e. The molecule has 1 fully saturated rings. The van der Waals surface area contributed by atoms with Crippen LogP contribution < -0.4 is 10.1 Å². The first-order valence-electron chi connectivity index (χ1n) is 6.93. The lowest BCUT2D eigenvalue weighted by atomic mass is 10.2. The van der Waals surface area contributed by atoms with E-state index in [0.29, 0.717) is 16.4 Å². The number of aryl methyl sites for hydroxylation is 1. The number of ether oxygens (including phenoxy) is 1. The van der Waals surface area contributed by atoms with E-state index in [-0.39, 0.29) is 5.75 Å². The average molecular weight is 351 g/mol. The Bertz CT molecular complexity index is 659. The first kappa shape index (κ1) is 14.5. The summed E-state index contributed by atoms with van der Waals surface area (Å²) in [5.74, 6) is 0.203. The standard InChI is InChI=1S/C16H16BrFN2O/c1-10-6-11(8-19-13-3-4-13)9-20-16(10)21-15-5-2-12(17)7-14(15)18/h2,5-7,9,13,19H,3-4,8H2,1H3. The van der Waals surface area contributed by atoms with E-state index in [9.17, 15) is 4.39 Å². The molecule has 2 aromatic rings. The van der Waals surface area contributed by atoms with Gasteiger partial charge in [-0.1, -0.05) is 15.9 Å². The average Bonchev–Trinajstić information content (AvgIpc) is 3.26. The summed E-state index contributed by atoms with van der Waals surface area (Å²) in [6.07, 6.45) is 4.29. The fourth-order valence-electron chi connectivity index (χ4n) is 2.04. The Balaban J connectivity index is 1.72. The van der Waals surface area contributed by atoms with Crippen LogP contribution in [0.1, 0.15) is 24.0 Å². The first-order chi connectivity index (χ1) is 10.1. The van der Waals surface area contributed by atoms with Gasteiger partial charge in [0.05, 0.1) is 0 Å². The SMILES string of the molecule is Cc1cc(CNC2CC2)cnc1Oc1ccc(Br)cc1F. The molecule has 0 unspecified atom stereocenters. The van der Waals surface area contributed by atoms with Crippen LogP contribution in [0, 0.1) is 12.7 Å². The monoisotopic (exact) mass is 350 g/mol. The summed E-state index contributed by atoms with van der Waals surface area (Å²) in [6.45, 7) is 2.73. The van der Waals surface area contributed by atoms with E-state index >= 15 is 0 Å². The summed E-state index contributed by atoms with van der Waals surface area (Å²) in [5.41, 5.74) is 2.01. The normalized spacial score (nSPS) is 14.2. The maximum atomic E-state index is 13.8. The largest absolute Gasteiger partial charge is 0.436 e. The second-order valence-corrected chi connectivity index (χ2v) is 6.21. The molecule has 1 heterocycles. The molecule has 0 saturated heterocycles. The van der Waals surface area contributed by atoms with Crippen molar-refractivity contribution in [2.45, 2.75) is 32.4 Å². The third-order valence-corrected chi connectivity index (χ3v) is 3.85. The number of benzene rings is 1. The number of hydrogen-bond donors (Lipinski definition) is 1. The van der Waals surface area contributed by atoms with E-state index in [1.54, 1.807) is 18.3 Å². The molecular weight excluding hydrogens is 335 g/mol. The second kappa shape index (κ2) is 6.12. The van der Waals surface area contributed by atoms with Crippen LogP contribution in [0.5, 0.6) is 11.6 Å². The molecular formula is C16H16BrFN2O. The predicted molar refractivity (Wildman–Crippen MR) is 83.0 cm³/mol. The number of aromatic nitrogens is 1. The molecule has 3 rings (SSSR count). The van der Waals surface area contributed by atoms with Gasteiger partial charge in [-0.05, 0) is 49.6 Å². The van der Waals surface area contributed by atoms with Gasteiger partial charge in [0.1, 0.15) is 0 Å². The summed E-state index contributed by atoms with van der Waals surface area (Å²) < 4.78 is 20.0. The molecule has 0 spiro atoms. The smallest absolute Gasteiger partial charge is 0.222 e. The Labute approximate surface area is 131 Å². The van der Waals surface area contributed by atoms with E-state index in [4.69, 9.17) is 4.74 Å². The van der Waals surface area contributed by atoms with Crippen LogP contribution in [0.25, 0.3) is 0 Å². The summed E-state index contributed by atoms with van der Waals surface area (Å²) in [7, 11) is 0. The van der Waals surface area contributed by atoms with Gasteiger partial charge in [0, 0.05) is 28.8 Å². The van der Waals surface area contributed by atoms with Crippen LogP contribution in [-0.4, -0.2) is 11.0 Å². The van der Waals surface area contributed by atoms with E-state index in [1.165, 1.54) is 18.9 Å². The highest BCUT2D eigenvalue weighted by molar-refractivity contribution is 9.10. The Hall–Kier alpha value is -1.46. The molecule has 0 bridgehead atoms. The molecule has 0 aliphatic heterocycles. The number of hydrogen-bond acceptors (Lipinski definition) is 3. The summed E-state index contributed by atoms with van der Waals surface area (Å²) in [6, 6.07) is 7.38. The van der Waals surface area contributed by atoms with E-state index in [1.807, 2.05) is 13.0 Å². The highest BCUT2D eigenvalue weighted by Gasteiger charge is 2.20. The molecule has 0 amide bonds. The summed E-state index contributed by atoms with van der Waals surface area (Å²) in [5, 5.41) is 3.44. The minimum atomic E-state index is -0.412. The number of pyridine rings is 1. The predicted octanol–water partition coefficient (Wildman–Crippen LogP) is 4.34. The van der Waals surface area contributed by atoms with E-state index < -0.39 is 5.82 Å². The van der Waals surface area contributed by atoms with Crippen molar-refractivity contribution in [3.63, 3.8) is 0 Å². The molecule has 3 nitrogen and oxygen atoms in total. The number of nitrogens with zero attached hydrogens (tertiary/aromatic N) is 1. The van der Waals surface area contributed by atoms with Crippen LogP contribution in [0.4, 0.5) is 4.39 Å². The zero-order chi connectivity index (χ0) is 14.8. The van der Waals surface area contributed by atoms with Crippen LogP contribution in [0.3, 0.4) is 0 Å². The quantitative estimate of drug-likeness (QED) is 0.870. The Kier molecular flexibility index (Phi) is 4.22. The van der Waals surface area contributed by atoms with Crippen molar-refractivity contribution in [3.8, 4) is 11.6 Å². The minimum absolute atomic E-state index is 0.178. The van der Waals surface area contributed by atoms with Gasteiger partial charge in [-0.3, -0.25) is 0 Å². The van der Waals surface area contributed by atoms with E-state index in [0.717, 1.165) is 17.7 Å². The molecule has 0 radical (unpaired) electrons. The Morgan fingerprint density at radius 1 is 1.38 bits per heavy atom. The van der Waals surface area contributed by atoms with Crippen molar-refractivity contribution in [1.29, 1.82) is 0 Å². The molecule has 1 aliphatic rings. The third-order valence-electron chi connectivity index (χ3n) is 3.36. The van der Waals surface area contributed by atoms with Crippen LogP contribution >= 0.6 is 15.9 Å². The Morgan fingerprint density at radius 2 is 2.19 bits per heavy atom. The van der Waals surface area contributed by atoms with E-state index in [2.05, 4.69) is 26.2 Å². The maximum absolute atomic E-state index is 13.8. The summed E-state index contributed by atoms with van der Waals surface area (Å²) in [4.78, 5) is 4.29. The zero-order valence-corrected chi connectivity index (χ0v) is 13.3. The van der Waals surface area contributed by atoms with Gasteiger partial charge in [0.25, 0.3) is 0 Å². The zero-order valence-electron chi connectivity index (χ0n) is 11.7. The second-order valence-electron chi connectivity index (χ2n) is 5.30. The lowest BCUT2D eigenvalue weighted by Gasteiger charge is -2.10.